The van der Waals surface area contributed by atoms with Gasteiger partial charge in [0.2, 0.25) is 0 Å². The Morgan fingerprint density at radius 1 is 1.35 bits per heavy atom. The van der Waals surface area contributed by atoms with Crippen molar-refractivity contribution in [3.05, 3.63) is 27.2 Å². The summed E-state index contributed by atoms with van der Waals surface area (Å²) in [7, 11) is -4.39. The van der Waals surface area contributed by atoms with Gasteiger partial charge in [-0.25, -0.2) is 9.59 Å². The van der Waals surface area contributed by atoms with Crippen LogP contribution in [-0.4, -0.2) is 25.5 Å². The number of halogens is 2. The second-order valence-electron chi connectivity index (χ2n) is 3.05. The van der Waals surface area contributed by atoms with E-state index in [4.69, 9.17) is 28.3 Å². The molecular weight excluding hydrogens is 295 g/mol. The molecule has 0 saturated carbocycles. The summed E-state index contributed by atoms with van der Waals surface area (Å²) in [5.74, 6) is -2.64. The van der Waals surface area contributed by atoms with E-state index in [1.807, 2.05) is 0 Å². The van der Waals surface area contributed by atoms with E-state index < -0.39 is 43.1 Å². The van der Waals surface area contributed by atoms with Gasteiger partial charge < -0.3 is 9.29 Å². The molecule has 0 spiro atoms. The maximum absolute atomic E-state index is 11.4. The van der Waals surface area contributed by atoms with Crippen molar-refractivity contribution in [1.82, 2.24) is 0 Å². The van der Waals surface area contributed by atoms with Gasteiger partial charge in [-0.2, -0.15) is 8.42 Å². The lowest BCUT2D eigenvalue weighted by Gasteiger charge is -2.03. The van der Waals surface area contributed by atoms with Crippen molar-refractivity contribution in [2.75, 3.05) is 0 Å². The molecule has 1 heterocycles. The van der Waals surface area contributed by atoms with Gasteiger partial charge in [-0.1, -0.05) is 23.2 Å². The van der Waals surface area contributed by atoms with Gasteiger partial charge in [0.05, 0.1) is 15.6 Å². The first-order valence-electron chi connectivity index (χ1n) is 4.00. The van der Waals surface area contributed by atoms with Crippen molar-refractivity contribution in [2.24, 2.45) is 0 Å². The molecule has 6 nitrogen and oxygen atoms in total. The number of aromatic carboxylic acids is 1. The van der Waals surface area contributed by atoms with Crippen LogP contribution < -0.4 is 0 Å². The molecule has 9 heteroatoms. The Morgan fingerprint density at radius 2 is 1.94 bits per heavy atom. The summed E-state index contributed by atoms with van der Waals surface area (Å²) >= 11 is 11.2. The minimum atomic E-state index is -4.39. The molecular formula is C8H2Cl2O6S. The average molecular weight is 297 g/mol. The highest BCUT2D eigenvalue weighted by molar-refractivity contribution is 7.87. The van der Waals surface area contributed by atoms with E-state index in [0.29, 0.717) is 0 Å². The fraction of sp³-hybridized carbons (Fsp3) is 0. The minimum absolute atomic E-state index is 0.340. The predicted octanol–water partition coefficient (Wildman–Crippen LogP) is 1.55. The van der Waals surface area contributed by atoms with Crippen LogP contribution in [0.4, 0.5) is 0 Å². The van der Waals surface area contributed by atoms with Crippen LogP contribution in [0, 0.1) is 0 Å². The zero-order valence-electron chi connectivity index (χ0n) is 7.73. The second kappa shape index (κ2) is 3.59. The van der Waals surface area contributed by atoms with Crippen LogP contribution in [-0.2, 0) is 14.3 Å². The number of carbonyl (C=O) groups excluding carboxylic acids is 1. The van der Waals surface area contributed by atoms with E-state index in [2.05, 4.69) is 4.18 Å². The lowest BCUT2D eigenvalue weighted by molar-refractivity contribution is 0.0694. The van der Waals surface area contributed by atoms with E-state index in [9.17, 15) is 18.0 Å². The molecule has 1 aromatic carbocycles. The molecule has 0 aliphatic carbocycles. The second-order valence-corrected chi connectivity index (χ2v) is 5.32. The number of fused-ring (bicyclic) bond motifs is 1. The Bertz CT molecular complexity index is 663. The highest BCUT2D eigenvalue weighted by atomic mass is 35.5. The molecule has 0 radical (unpaired) electrons. The number of benzene rings is 1. The maximum atomic E-state index is 11.4. The normalized spacial score (nSPS) is 16.5. The maximum Gasteiger partial charge on any atom is 0.357 e. The van der Waals surface area contributed by atoms with Crippen LogP contribution in [0.5, 0.6) is 0 Å². The summed E-state index contributed by atoms with van der Waals surface area (Å²) in [5.41, 5.74) is -0.959. The summed E-state index contributed by atoms with van der Waals surface area (Å²) in [6.07, 6.45) is 0. The molecule has 17 heavy (non-hydrogen) atoms. The zero-order valence-corrected chi connectivity index (χ0v) is 10.1. The van der Waals surface area contributed by atoms with E-state index >= 15 is 0 Å². The molecule has 0 fully saturated rings. The molecule has 0 atom stereocenters. The van der Waals surface area contributed by atoms with Crippen molar-refractivity contribution in [3.63, 3.8) is 0 Å². The number of carbonyl (C=O) groups is 2. The third-order valence-corrected chi connectivity index (χ3v) is 4.12. The Hall–Kier alpha value is -1.31. The first-order chi connectivity index (χ1) is 7.75. The van der Waals surface area contributed by atoms with E-state index in [1.165, 1.54) is 0 Å². The largest absolute Gasteiger partial charge is 0.478 e. The monoisotopic (exact) mass is 296 g/mol. The van der Waals surface area contributed by atoms with E-state index in [-0.39, 0.29) is 5.02 Å². The molecule has 0 saturated heterocycles. The first kappa shape index (κ1) is 12.2. The molecule has 0 amide bonds. The standard InChI is InChI=1S/C8H2Cl2O6S/c9-3-1-2(7(11)12)5(10)6-4(3)8(13)16-17(6,14)15/h1H,(H,11,12). The van der Waals surface area contributed by atoms with Crippen LogP contribution in [0.15, 0.2) is 11.0 Å². The van der Waals surface area contributed by atoms with Gasteiger partial charge in [0.25, 0.3) is 0 Å². The SMILES string of the molecule is O=C(O)c1cc(Cl)c2c(c1Cl)S(=O)(=O)OC2=O. The average Bonchev–Trinajstić information content (AvgIpc) is 2.42. The number of hydrogen-bond acceptors (Lipinski definition) is 5. The summed E-state index contributed by atoms with van der Waals surface area (Å²) < 4.78 is 27.0. The van der Waals surface area contributed by atoms with Gasteiger partial charge in [-0.15, -0.1) is 0 Å². The van der Waals surface area contributed by atoms with Gasteiger partial charge in [0.1, 0.15) is 10.5 Å². The molecule has 90 valence electrons. The van der Waals surface area contributed by atoms with Gasteiger partial charge >= 0.3 is 22.1 Å². The van der Waals surface area contributed by atoms with E-state index in [0.717, 1.165) is 6.07 Å². The fourth-order valence-electron chi connectivity index (χ4n) is 1.37. The third-order valence-electron chi connectivity index (χ3n) is 2.04. The van der Waals surface area contributed by atoms with Crippen LogP contribution >= 0.6 is 23.2 Å². The van der Waals surface area contributed by atoms with Gasteiger partial charge in [0, 0.05) is 0 Å². The molecule has 2 rings (SSSR count). The lowest BCUT2D eigenvalue weighted by Crippen LogP contribution is -2.04. The smallest absolute Gasteiger partial charge is 0.357 e. The highest BCUT2D eigenvalue weighted by Gasteiger charge is 2.41. The number of rotatable bonds is 1. The number of carboxylic acids is 1. The van der Waals surface area contributed by atoms with Gasteiger partial charge in [-0.05, 0) is 6.07 Å². The molecule has 0 bridgehead atoms. The van der Waals surface area contributed by atoms with Crippen LogP contribution in [0.1, 0.15) is 20.7 Å². The van der Waals surface area contributed by atoms with Crippen molar-refractivity contribution in [1.29, 1.82) is 0 Å². The Balaban J connectivity index is 2.95. The number of carboxylic acid groups (broad SMARTS) is 1. The molecule has 0 unspecified atom stereocenters. The Kier molecular flexibility index (Phi) is 2.57. The van der Waals surface area contributed by atoms with Crippen molar-refractivity contribution in [3.8, 4) is 0 Å². The third kappa shape index (κ3) is 1.67. The quantitative estimate of drug-likeness (QED) is 0.790. The highest BCUT2D eigenvalue weighted by Crippen LogP contribution is 2.40. The van der Waals surface area contributed by atoms with Crippen molar-refractivity contribution in [2.45, 2.75) is 4.90 Å². The molecule has 1 aliphatic rings. The number of hydrogen-bond donors (Lipinski definition) is 1. The van der Waals surface area contributed by atoms with Crippen LogP contribution in [0.3, 0.4) is 0 Å². The van der Waals surface area contributed by atoms with E-state index in [1.54, 1.807) is 0 Å². The van der Waals surface area contributed by atoms with Crippen molar-refractivity contribution >= 4 is 45.3 Å². The minimum Gasteiger partial charge on any atom is -0.478 e. The molecule has 0 aromatic heterocycles. The first-order valence-corrected chi connectivity index (χ1v) is 6.16. The van der Waals surface area contributed by atoms with Crippen LogP contribution in [0.25, 0.3) is 0 Å². The molecule has 1 N–H and O–H groups in total. The molecule has 1 aromatic rings. The predicted molar refractivity (Wildman–Crippen MR) is 56.0 cm³/mol. The topological polar surface area (TPSA) is 97.7 Å². The fourth-order valence-corrected chi connectivity index (χ4v) is 3.36. The Labute approximate surface area is 105 Å². The van der Waals surface area contributed by atoms with Gasteiger partial charge in [-0.3, -0.25) is 0 Å². The summed E-state index contributed by atoms with van der Waals surface area (Å²) in [4.78, 5) is 21.3. The molecule has 1 aliphatic heterocycles. The summed E-state index contributed by atoms with van der Waals surface area (Å²) in [6.45, 7) is 0. The van der Waals surface area contributed by atoms with Crippen molar-refractivity contribution < 1.29 is 27.3 Å². The zero-order chi connectivity index (χ0) is 13.0. The van der Waals surface area contributed by atoms with Gasteiger partial charge in [0.15, 0.2) is 0 Å². The summed E-state index contributed by atoms with van der Waals surface area (Å²) in [6, 6.07) is 0.896. The summed E-state index contributed by atoms with van der Waals surface area (Å²) in [5, 5.41) is 7.86. The lowest BCUT2D eigenvalue weighted by atomic mass is 10.1. The van der Waals surface area contributed by atoms with Crippen LogP contribution in [0.2, 0.25) is 10.0 Å². The Morgan fingerprint density at radius 3 is 2.47 bits per heavy atom.